The largest absolute Gasteiger partial charge is 0.216 e. The van der Waals surface area contributed by atoms with E-state index in [0.717, 1.165) is 11.8 Å². The minimum Gasteiger partial charge on any atom is -0.216 e. The Bertz CT molecular complexity index is 424. The van der Waals surface area contributed by atoms with E-state index in [2.05, 4.69) is 31.2 Å². The highest BCUT2D eigenvalue weighted by Crippen LogP contribution is 2.34. The molecule has 0 N–H and O–H groups in total. The van der Waals surface area contributed by atoms with Crippen molar-refractivity contribution < 1.29 is 4.39 Å². The van der Waals surface area contributed by atoms with Crippen LogP contribution >= 0.6 is 0 Å². The maximum atomic E-state index is 12.0. The smallest absolute Gasteiger partial charge is 0.0830 e. The van der Waals surface area contributed by atoms with Gasteiger partial charge in [-0.2, -0.15) is 0 Å². The Labute approximate surface area is 135 Å². The first-order chi connectivity index (χ1) is 10.8. The van der Waals surface area contributed by atoms with E-state index in [1.165, 1.54) is 68.9 Å². The second kappa shape index (κ2) is 9.82. The molecule has 0 nitrogen and oxygen atoms in total. The fourth-order valence-electron chi connectivity index (χ4n) is 3.70. The van der Waals surface area contributed by atoms with Crippen LogP contribution in [-0.2, 0) is 12.8 Å². The third-order valence-electron chi connectivity index (χ3n) is 5.24. The molecule has 0 aliphatic heterocycles. The van der Waals surface area contributed by atoms with E-state index in [1.54, 1.807) is 6.08 Å². The standard InChI is InChI=1S/C21H31F/c1-2-3-5-18-7-11-20(12-8-18)15-16-21-13-9-19(10-14-21)6-4-17-22/h4,9-10,13-14,17-18,20H,2-3,5-8,11-12,15-16H2,1H3. The predicted octanol–water partition coefficient (Wildman–Crippen LogP) is 6.64. The van der Waals surface area contributed by atoms with Crippen LogP contribution in [0.4, 0.5) is 4.39 Å². The van der Waals surface area contributed by atoms with Gasteiger partial charge in [0, 0.05) is 0 Å². The SMILES string of the molecule is CCCCC1CCC(CCc2ccc(CC=CF)cc2)CC1. The van der Waals surface area contributed by atoms with Crippen molar-refractivity contribution in [3.8, 4) is 0 Å². The van der Waals surface area contributed by atoms with E-state index in [-0.39, 0.29) is 0 Å². The summed E-state index contributed by atoms with van der Waals surface area (Å²) < 4.78 is 12.0. The lowest BCUT2D eigenvalue weighted by molar-refractivity contribution is 0.250. The summed E-state index contributed by atoms with van der Waals surface area (Å²) in [5.74, 6) is 1.95. The van der Waals surface area contributed by atoms with Gasteiger partial charge in [-0.3, -0.25) is 0 Å². The number of rotatable bonds is 8. The zero-order valence-electron chi connectivity index (χ0n) is 14.1. The number of unbranched alkanes of at least 4 members (excludes halogenated alkanes) is 1. The average Bonchev–Trinajstić information content (AvgIpc) is 2.58. The van der Waals surface area contributed by atoms with Crippen LogP contribution in [0, 0.1) is 11.8 Å². The third-order valence-corrected chi connectivity index (χ3v) is 5.24. The number of hydrogen-bond acceptors (Lipinski definition) is 0. The summed E-state index contributed by atoms with van der Waals surface area (Å²) in [5, 5.41) is 0. The van der Waals surface area contributed by atoms with Crippen molar-refractivity contribution in [2.75, 3.05) is 0 Å². The molecular weight excluding hydrogens is 271 g/mol. The molecule has 0 heterocycles. The lowest BCUT2D eigenvalue weighted by Gasteiger charge is -2.28. The minimum absolute atomic E-state index is 0.630. The highest BCUT2D eigenvalue weighted by molar-refractivity contribution is 5.24. The van der Waals surface area contributed by atoms with Gasteiger partial charge in [0.25, 0.3) is 0 Å². The van der Waals surface area contributed by atoms with E-state index in [4.69, 9.17) is 0 Å². The van der Waals surface area contributed by atoms with Crippen LogP contribution < -0.4 is 0 Å². The first-order valence-corrected chi connectivity index (χ1v) is 9.14. The molecular formula is C21H31F. The van der Waals surface area contributed by atoms with Gasteiger partial charge in [-0.25, -0.2) is 4.39 Å². The fraction of sp³-hybridized carbons (Fsp3) is 0.619. The summed E-state index contributed by atoms with van der Waals surface area (Å²) in [6, 6.07) is 8.70. The molecule has 0 aromatic heterocycles. The topological polar surface area (TPSA) is 0 Å². The van der Waals surface area contributed by atoms with Crippen LogP contribution in [0.5, 0.6) is 0 Å². The fourth-order valence-corrected chi connectivity index (χ4v) is 3.70. The van der Waals surface area contributed by atoms with Crippen molar-refractivity contribution in [2.45, 2.75) is 71.1 Å². The van der Waals surface area contributed by atoms with Crippen LogP contribution in [0.3, 0.4) is 0 Å². The number of aryl methyl sites for hydroxylation is 1. The van der Waals surface area contributed by atoms with Gasteiger partial charge >= 0.3 is 0 Å². The molecule has 0 unspecified atom stereocenters. The molecule has 1 aromatic rings. The van der Waals surface area contributed by atoms with Gasteiger partial charge in [0.1, 0.15) is 0 Å². The molecule has 1 aliphatic rings. The molecule has 22 heavy (non-hydrogen) atoms. The molecule has 0 bridgehead atoms. The molecule has 1 aromatic carbocycles. The first-order valence-electron chi connectivity index (χ1n) is 9.14. The van der Waals surface area contributed by atoms with Crippen LogP contribution in [-0.4, -0.2) is 0 Å². The highest BCUT2D eigenvalue weighted by Gasteiger charge is 2.20. The molecule has 1 saturated carbocycles. The van der Waals surface area contributed by atoms with Gasteiger partial charge in [-0.05, 0) is 42.2 Å². The molecule has 2 rings (SSSR count). The molecule has 1 heteroatoms. The average molecular weight is 302 g/mol. The summed E-state index contributed by atoms with van der Waals surface area (Å²) in [6.45, 7) is 2.30. The van der Waals surface area contributed by atoms with E-state index in [0.29, 0.717) is 12.8 Å². The van der Waals surface area contributed by atoms with Crippen molar-refractivity contribution in [3.63, 3.8) is 0 Å². The molecule has 0 radical (unpaired) electrons. The molecule has 0 amide bonds. The number of benzene rings is 1. The highest BCUT2D eigenvalue weighted by atomic mass is 19.1. The first kappa shape index (κ1) is 17.2. The van der Waals surface area contributed by atoms with Crippen molar-refractivity contribution in [3.05, 3.63) is 47.8 Å². The Morgan fingerprint density at radius 3 is 2.14 bits per heavy atom. The molecule has 122 valence electrons. The molecule has 0 spiro atoms. The number of allylic oxidation sites excluding steroid dienone is 1. The molecule has 0 atom stereocenters. The maximum Gasteiger partial charge on any atom is 0.0830 e. The molecule has 1 aliphatic carbocycles. The number of halogens is 1. The van der Waals surface area contributed by atoms with Crippen molar-refractivity contribution in [1.82, 2.24) is 0 Å². The van der Waals surface area contributed by atoms with E-state index >= 15 is 0 Å². The normalized spacial score (nSPS) is 22.3. The summed E-state index contributed by atoms with van der Waals surface area (Å²) >= 11 is 0. The van der Waals surface area contributed by atoms with Crippen molar-refractivity contribution >= 4 is 0 Å². The van der Waals surface area contributed by atoms with Crippen LogP contribution in [0.1, 0.15) is 69.4 Å². The zero-order valence-corrected chi connectivity index (χ0v) is 14.1. The van der Waals surface area contributed by atoms with Crippen LogP contribution in [0.25, 0.3) is 0 Å². The van der Waals surface area contributed by atoms with Gasteiger partial charge in [0.15, 0.2) is 0 Å². The Morgan fingerprint density at radius 2 is 1.55 bits per heavy atom. The Hall–Kier alpha value is -1.11. The van der Waals surface area contributed by atoms with Crippen molar-refractivity contribution in [2.24, 2.45) is 11.8 Å². The second-order valence-electron chi connectivity index (χ2n) is 6.95. The Kier molecular flexibility index (Phi) is 7.70. The summed E-state index contributed by atoms with van der Waals surface area (Å²) in [4.78, 5) is 0. The van der Waals surface area contributed by atoms with Gasteiger partial charge in [-0.15, -0.1) is 0 Å². The van der Waals surface area contributed by atoms with E-state index in [1.807, 2.05) is 0 Å². The summed E-state index contributed by atoms with van der Waals surface area (Å²) in [7, 11) is 0. The van der Waals surface area contributed by atoms with Gasteiger partial charge < -0.3 is 0 Å². The summed E-state index contributed by atoms with van der Waals surface area (Å²) in [5.41, 5.74) is 2.62. The van der Waals surface area contributed by atoms with E-state index in [9.17, 15) is 4.39 Å². The maximum absolute atomic E-state index is 12.0. The zero-order chi connectivity index (χ0) is 15.6. The second-order valence-corrected chi connectivity index (χ2v) is 6.95. The van der Waals surface area contributed by atoms with Crippen LogP contribution in [0.15, 0.2) is 36.7 Å². The van der Waals surface area contributed by atoms with Gasteiger partial charge in [-0.1, -0.05) is 82.2 Å². The lowest BCUT2D eigenvalue weighted by atomic mass is 9.78. The Balaban J connectivity index is 1.68. The molecule has 1 fully saturated rings. The Morgan fingerprint density at radius 1 is 0.955 bits per heavy atom. The third kappa shape index (κ3) is 5.94. The molecule has 0 saturated heterocycles. The quantitative estimate of drug-likeness (QED) is 0.505. The minimum atomic E-state index is 0.630. The summed E-state index contributed by atoms with van der Waals surface area (Å²) in [6.07, 6.45) is 15.4. The monoisotopic (exact) mass is 302 g/mol. The van der Waals surface area contributed by atoms with Crippen molar-refractivity contribution in [1.29, 1.82) is 0 Å². The predicted molar refractivity (Wildman–Crippen MR) is 93.7 cm³/mol. The van der Waals surface area contributed by atoms with E-state index < -0.39 is 0 Å². The van der Waals surface area contributed by atoms with Gasteiger partial charge in [0.05, 0.1) is 6.33 Å². The number of hydrogen-bond donors (Lipinski definition) is 0. The van der Waals surface area contributed by atoms with Gasteiger partial charge in [0.2, 0.25) is 0 Å². The van der Waals surface area contributed by atoms with Crippen LogP contribution in [0.2, 0.25) is 0 Å². The lowest BCUT2D eigenvalue weighted by Crippen LogP contribution is -2.15.